The lowest BCUT2D eigenvalue weighted by molar-refractivity contribution is -0.137. The Morgan fingerprint density at radius 2 is 2.00 bits per heavy atom. The molecule has 0 spiro atoms. The molecule has 0 radical (unpaired) electrons. The molecular formula is C19H19F3N4O2. The Hall–Kier alpha value is -2.94. The summed E-state index contributed by atoms with van der Waals surface area (Å²) < 4.78 is 45.4. The zero-order valence-electron chi connectivity index (χ0n) is 15.5. The summed E-state index contributed by atoms with van der Waals surface area (Å²) in [6, 6.07) is 6.44. The number of hydrogen-bond acceptors (Lipinski definition) is 5. The van der Waals surface area contributed by atoms with E-state index >= 15 is 0 Å². The van der Waals surface area contributed by atoms with Crippen LogP contribution in [0.2, 0.25) is 0 Å². The maximum absolute atomic E-state index is 13.4. The molecule has 1 aromatic carbocycles. The molecule has 1 unspecified atom stereocenters. The molecule has 3 rings (SSSR count). The lowest BCUT2D eigenvalue weighted by Gasteiger charge is -2.14. The number of nitrogens with zero attached hydrogens (tertiary/aromatic N) is 2. The predicted molar refractivity (Wildman–Crippen MR) is 97.8 cm³/mol. The summed E-state index contributed by atoms with van der Waals surface area (Å²) in [7, 11) is 1.76. The first kappa shape index (κ1) is 19.8. The molecule has 28 heavy (non-hydrogen) atoms. The second-order valence-corrected chi connectivity index (χ2v) is 6.45. The highest BCUT2D eigenvalue weighted by atomic mass is 19.4. The van der Waals surface area contributed by atoms with Crippen molar-refractivity contribution in [1.82, 2.24) is 20.8 Å². The Kier molecular flexibility index (Phi) is 5.37. The van der Waals surface area contributed by atoms with Gasteiger partial charge in [-0.2, -0.15) is 13.2 Å². The second kappa shape index (κ2) is 7.59. The monoisotopic (exact) mass is 392 g/mol. The zero-order chi connectivity index (χ0) is 20.5. The zero-order valence-corrected chi connectivity index (χ0v) is 15.5. The van der Waals surface area contributed by atoms with Gasteiger partial charge in [-0.05, 0) is 33.0 Å². The lowest BCUT2D eigenvalue weighted by Crippen LogP contribution is -2.37. The number of benzene rings is 1. The van der Waals surface area contributed by atoms with Gasteiger partial charge in [0.15, 0.2) is 0 Å². The summed E-state index contributed by atoms with van der Waals surface area (Å²) in [6.07, 6.45) is -4.56. The molecule has 0 aliphatic carbocycles. The second-order valence-electron chi connectivity index (χ2n) is 6.45. The van der Waals surface area contributed by atoms with Gasteiger partial charge in [0.1, 0.15) is 0 Å². The van der Waals surface area contributed by atoms with Gasteiger partial charge in [0.05, 0.1) is 27.9 Å². The van der Waals surface area contributed by atoms with Crippen LogP contribution in [-0.2, 0) is 6.18 Å². The summed E-state index contributed by atoms with van der Waals surface area (Å²) >= 11 is 0. The molecule has 2 N–H and O–H groups in total. The molecule has 0 bridgehead atoms. The highest BCUT2D eigenvalue weighted by molar-refractivity contribution is 6.07. The molecule has 2 heterocycles. The number of hydrogen-bond donors (Lipinski definition) is 2. The van der Waals surface area contributed by atoms with E-state index in [-0.39, 0.29) is 28.6 Å². The first-order valence-electron chi connectivity index (χ1n) is 8.61. The Labute approximate surface area is 159 Å². The van der Waals surface area contributed by atoms with Crippen molar-refractivity contribution in [2.75, 3.05) is 13.6 Å². The fraction of sp³-hybridized carbons (Fsp3) is 0.316. The largest absolute Gasteiger partial charge is 0.417 e. The average Bonchev–Trinajstić information content (AvgIpc) is 3.05. The van der Waals surface area contributed by atoms with E-state index in [0.717, 1.165) is 6.07 Å². The molecule has 2 aromatic heterocycles. The number of halogens is 3. The van der Waals surface area contributed by atoms with Crippen molar-refractivity contribution in [3.63, 3.8) is 0 Å². The smallest absolute Gasteiger partial charge is 0.350 e. The molecule has 6 nitrogen and oxygen atoms in total. The van der Waals surface area contributed by atoms with Gasteiger partial charge in [-0.25, -0.2) is 4.98 Å². The molecule has 3 aromatic rings. The predicted octanol–water partition coefficient (Wildman–Crippen LogP) is 3.55. The number of likely N-dealkylation sites (N-methyl/N-ethyl adjacent to an activating group) is 1. The van der Waals surface area contributed by atoms with E-state index in [2.05, 4.69) is 20.8 Å². The van der Waals surface area contributed by atoms with Crippen LogP contribution in [0.15, 0.2) is 34.9 Å². The van der Waals surface area contributed by atoms with E-state index in [1.807, 2.05) is 6.92 Å². The number of aryl methyl sites for hydroxylation is 1. The van der Waals surface area contributed by atoms with Crippen LogP contribution < -0.4 is 10.6 Å². The van der Waals surface area contributed by atoms with Crippen LogP contribution in [0.3, 0.4) is 0 Å². The number of pyridine rings is 1. The Balaban J connectivity index is 2.14. The maximum Gasteiger partial charge on any atom is 0.417 e. The third-order valence-corrected chi connectivity index (χ3v) is 4.43. The van der Waals surface area contributed by atoms with E-state index in [1.54, 1.807) is 14.0 Å². The lowest BCUT2D eigenvalue weighted by atomic mass is 10.0. The number of carbonyl (C=O) groups is 1. The topological polar surface area (TPSA) is 80.0 Å². The summed E-state index contributed by atoms with van der Waals surface area (Å²) in [5.41, 5.74) is -0.372. The van der Waals surface area contributed by atoms with Crippen LogP contribution in [-0.4, -0.2) is 35.7 Å². The van der Waals surface area contributed by atoms with Crippen molar-refractivity contribution in [3.8, 4) is 11.3 Å². The summed E-state index contributed by atoms with van der Waals surface area (Å²) in [6.45, 7) is 3.87. The van der Waals surface area contributed by atoms with Gasteiger partial charge >= 0.3 is 6.18 Å². The first-order chi connectivity index (χ1) is 13.2. The number of amides is 1. The van der Waals surface area contributed by atoms with Crippen LogP contribution >= 0.6 is 0 Å². The Bertz CT molecular complexity index is 1010. The van der Waals surface area contributed by atoms with E-state index < -0.39 is 17.6 Å². The van der Waals surface area contributed by atoms with E-state index in [1.165, 1.54) is 24.3 Å². The van der Waals surface area contributed by atoms with Crippen molar-refractivity contribution in [2.45, 2.75) is 26.1 Å². The van der Waals surface area contributed by atoms with Crippen LogP contribution in [0.5, 0.6) is 0 Å². The fourth-order valence-electron chi connectivity index (χ4n) is 2.81. The van der Waals surface area contributed by atoms with Gasteiger partial charge in [-0.15, -0.1) is 0 Å². The number of alkyl halides is 3. The molecule has 0 saturated heterocycles. The molecule has 0 fully saturated rings. The minimum atomic E-state index is -4.56. The Morgan fingerprint density at radius 1 is 1.29 bits per heavy atom. The molecule has 9 heteroatoms. The molecule has 0 saturated carbocycles. The minimum absolute atomic E-state index is 0.0108. The molecular weight excluding hydrogens is 373 g/mol. The van der Waals surface area contributed by atoms with Gasteiger partial charge in [0.25, 0.3) is 11.6 Å². The van der Waals surface area contributed by atoms with E-state index in [0.29, 0.717) is 17.6 Å². The first-order valence-corrected chi connectivity index (χ1v) is 8.61. The Morgan fingerprint density at radius 3 is 2.68 bits per heavy atom. The summed E-state index contributed by atoms with van der Waals surface area (Å²) in [5, 5.41) is 9.94. The van der Waals surface area contributed by atoms with Crippen LogP contribution in [0, 0.1) is 6.92 Å². The summed E-state index contributed by atoms with van der Waals surface area (Å²) in [4.78, 5) is 16.9. The highest BCUT2D eigenvalue weighted by Crippen LogP contribution is 2.37. The molecule has 148 valence electrons. The minimum Gasteiger partial charge on any atom is -0.350 e. The molecule has 1 atom stereocenters. The van der Waals surface area contributed by atoms with Gasteiger partial charge < -0.3 is 15.2 Å². The van der Waals surface area contributed by atoms with E-state index in [4.69, 9.17) is 4.52 Å². The number of carbonyl (C=O) groups excluding carboxylic acids is 1. The maximum atomic E-state index is 13.4. The van der Waals surface area contributed by atoms with Gasteiger partial charge in [0.2, 0.25) is 0 Å². The normalized spacial score (nSPS) is 12.9. The number of nitrogens with one attached hydrogen (secondary N) is 2. The van der Waals surface area contributed by atoms with Crippen LogP contribution in [0.25, 0.3) is 22.4 Å². The van der Waals surface area contributed by atoms with Gasteiger partial charge in [0, 0.05) is 18.2 Å². The van der Waals surface area contributed by atoms with Crippen molar-refractivity contribution < 1.29 is 22.5 Å². The number of fused-ring (bicyclic) bond motifs is 1. The average molecular weight is 392 g/mol. The van der Waals surface area contributed by atoms with Crippen molar-refractivity contribution in [2.24, 2.45) is 0 Å². The standard InChI is InChI=1S/C19H19F3N4O2/c1-10(23-3)9-24-17(27)13-8-15(25-18-16(13)11(2)26-28-18)12-6-4-5-7-14(12)19(20,21)22/h4-8,10,23H,9H2,1-3H3,(H,24,27). The quantitative estimate of drug-likeness (QED) is 0.694. The van der Waals surface area contributed by atoms with Crippen molar-refractivity contribution in [1.29, 1.82) is 0 Å². The van der Waals surface area contributed by atoms with E-state index in [9.17, 15) is 18.0 Å². The SMILES string of the molecule is CNC(C)CNC(=O)c1cc(-c2ccccc2C(F)(F)F)nc2onc(C)c12. The van der Waals surface area contributed by atoms with Crippen molar-refractivity contribution >= 4 is 17.0 Å². The number of aromatic nitrogens is 2. The highest BCUT2D eigenvalue weighted by Gasteiger charge is 2.34. The fourth-order valence-corrected chi connectivity index (χ4v) is 2.81. The molecule has 0 aliphatic rings. The van der Waals surface area contributed by atoms with Crippen LogP contribution in [0.1, 0.15) is 28.5 Å². The third-order valence-electron chi connectivity index (χ3n) is 4.43. The summed E-state index contributed by atoms with van der Waals surface area (Å²) in [5.74, 6) is -0.438. The van der Waals surface area contributed by atoms with Gasteiger partial charge in [-0.1, -0.05) is 23.4 Å². The third kappa shape index (κ3) is 3.84. The number of rotatable bonds is 5. The molecule has 0 aliphatic heterocycles. The van der Waals surface area contributed by atoms with Gasteiger partial charge in [-0.3, -0.25) is 4.79 Å². The van der Waals surface area contributed by atoms with Crippen LogP contribution in [0.4, 0.5) is 13.2 Å². The molecule has 1 amide bonds. The van der Waals surface area contributed by atoms with Crippen molar-refractivity contribution in [3.05, 3.63) is 47.2 Å².